The molecule has 2 aromatic rings. The molecule has 0 spiro atoms. The highest BCUT2D eigenvalue weighted by Crippen LogP contribution is 2.21. The van der Waals surface area contributed by atoms with Crippen LogP contribution in [0.4, 0.5) is 0 Å². The van der Waals surface area contributed by atoms with Gasteiger partial charge in [-0.2, -0.15) is 0 Å². The highest BCUT2D eigenvalue weighted by atomic mass is 16.5. The summed E-state index contributed by atoms with van der Waals surface area (Å²) >= 11 is 0. The molecule has 0 fully saturated rings. The lowest BCUT2D eigenvalue weighted by Gasteiger charge is -2.13. The van der Waals surface area contributed by atoms with Crippen LogP contribution < -0.4 is 5.32 Å². The molecule has 1 N–H and O–H groups in total. The molecule has 1 atom stereocenters. The van der Waals surface area contributed by atoms with Gasteiger partial charge in [0, 0.05) is 18.8 Å². The van der Waals surface area contributed by atoms with Crippen molar-refractivity contribution in [2.45, 2.75) is 26.8 Å². The molecule has 0 aliphatic carbocycles. The lowest BCUT2D eigenvalue weighted by Crippen LogP contribution is -2.35. The summed E-state index contributed by atoms with van der Waals surface area (Å²) in [4.78, 5) is 16.5. The fraction of sp³-hybridized carbons (Fsp3) is 0.462. The molecule has 6 nitrogen and oxygen atoms in total. The Balaban J connectivity index is 2.38. The Labute approximate surface area is 111 Å². The van der Waals surface area contributed by atoms with Crippen LogP contribution >= 0.6 is 0 Å². The number of pyridine rings is 1. The van der Waals surface area contributed by atoms with E-state index in [1.165, 1.54) is 0 Å². The van der Waals surface area contributed by atoms with Gasteiger partial charge >= 0.3 is 0 Å². The number of ether oxygens (including phenoxy) is 1. The molecule has 0 radical (unpaired) electrons. The monoisotopic (exact) mass is 263 g/mol. The van der Waals surface area contributed by atoms with Crippen molar-refractivity contribution in [1.29, 1.82) is 0 Å². The van der Waals surface area contributed by atoms with Gasteiger partial charge in [0.05, 0.1) is 23.3 Å². The number of fused-ring (bicyclic) bond motifs is 1. The molecule has 0 bridgehead atoms. The average molecular weight is 263 g/mol. The number of methoxy groups -OCH3 is 1. The van der Waals surface area contributed by atoms with E-state index in [4.69, 9.17) is 9.26 Å². The number of hydrogen-bond acceptors (Lipinski definition) is 5. The number of amides is 1. The summed E-state index contributed by atoms with van der Waals surface area (Å²) in [5.74, 6) is -0.175. The molecule has 1 unspecified atom stereocenters. The Morgan fingerprint density at radius 1 is 1.53 bits per heavy atom. The second kappa shape index (κ2) is 5.36. The van der Waals surface area contributed by atoms with Gasteiger partial charge in [-0.25, -0.2) is 4.98 Å². The third kappa shape index (κ3) is 2.73. The van der Waals surface area contributed by atoms with E-state index < -0.39 is 0 Å². The van der Waals surface area contributed by atoms with Crippen LogP contribution in [0.3, 0.4) is 0 Å². The van der Waals surface area contributed by atoms with E-state index in [0.29, 0.717) is 34.7 Å². The van der Waals surface area contributed by atoms with Crippen LogP contribution in [0.15, 0.2) is 10.6 Å². The Morgan fingerprint density at radius 3 is 2.95 bits per heavy atom. The van der Waals surface area contributed by atoms with Crippen molar-refractivity contribution in [3.8, 4) is 0 Å². The van der Waals surface area contributed by atoms with Crippen LogP contribution in [-0.4, -0.2) is 35.8 Å². The molecular formula is C13H17N3O3. The first-order valence-electron chi connectivity index (χ1n) is 6.06. The molecule has 1 amide bonds. The maximum atomic E-state index is 12.3. The van der Waals surface area contributed by atoms with E-state index in [1.807, 2.05) is 13.8 Å². The standard InChI is InChI=1S/C13H17N3O3/c1-7-5-10(12(17)14-8(2)6-18-4)11-9(3)16-19-13(11)15-7/h5,8H,6H2,1-4H3,(H,14,17). The quantitative estimate of drug-likeness (QED) is 0.906. The third-order valence-corrected chi connectivity index (χ3v) is 2.78. The maximum absolute atomic E-state index is 12.3. The minimum Gasteiger partial charge on any atom is -0.383 e. The number of carbonyl (C=O) groups excluding carboxylic acids is 1. The van der Waals surface area contributed by atoms with Gasteiger partial charge in [-0.05, 0) is 26.8 Å². The number of hydrogen-bond donors (Lipinski definition) is 1. The number of aryl methyl sites for hydroxylation is 2. The summed E-state index contributed by atoms with van der Waals surface area (Å²) < 4.78 is 10.1. The SMILES string of the molecule is COCC(C)NC(=O)c1cc(C)nc2onc(C)c12. The van der Waals surface area contributed by atoms with Gasteiger partial charge in [0.15, 0.2) is 0 Å². The lowest BCUT2D eigenvalue weighted by atomic mass is 10.1. The van der Waals surface area contributed by atoms with Crippen molar-refractivity contribution >= 4 is 17.0 Å². The third-order valence-electron chi connectivity index (χ3n) is 2.78. The largest absolute Gasteiger partial charge is 0.383 e. The van der Waals surface area contributed by atoms with E-state index in [1.54, 1.807) is 20.1 Å². The number of rotatable bonds is 4. The first-order chi connectivity index (χ1) is 9.02. The summed E-state index contributed by atoms with van der Waals surface area (Å²) in [5, 5.41) is 7.39. The summed E-state index contributed by atoms with van der Waals surface area (Å²) in [7, 11) is 1.60. The number of aromatic nitrogens is 2. The van der Waals surface area contributed by atoms with E-state index in [0.717, 1.165) is 0 Å². The Bertz CT molecular complexity index is 606. The lowest BCUT2D eigenvalue weighted by molar-refractivity contribution is 0.0907. The summed E-state index contributed by atoms with van der Waals surface area (Å²) in [5.41, 5.74) is 2.30. The predicted molar refractivity (Wildman–Crippen MR) is 70.1 cm³/mol. The minimum atomic E-state index is -0.175. The molecule has 0 saturated heterocycles. The average Bonchev–Trinajstić information content (AvgIpc) is 2.70. The zero-order valence-corrected chi connectivity index (χ0v) is 11.5. The molecular weight excluding hydrogens is 246 g/mol. The molecule has 2 heterocycles. The summed E-state index contributed by atoms with van der Waals surface area (Å²) in [6.45, 7) is 5.94. The first-order valence-corrected chi connectivity index (χ1v) is 6.06. The van der Waals surface area contributed by atoms with Crippen molar-refractivity contribution in [2.24, 2.45) is 0 Å². The highest BCUT2D eigenvalue weighted by molar-refractivity contribution is 6.06. The maximum Gasteiger partial charge on any atom is 0.258 e. The summed E-state index contributed by atoms with van der Waals surface area (Å²) in [6, 6.07) is 1.67. The predicted octanol–water partition coefficient (Wildman–Crippen LogP) is 1.60. The van der Waals surface area contributed by atoms with Crippen molar-refractivity contribution in [3.05, 3.63) is 23.0 Å². The van der Waals surface area contributed by atoms with Crippen LogP contribution in [0.25, 0.3) is 11.1 Å². The fourth-order valence-electron chi connectivity index (χ4n) is 1.99. The van der Waals surface area contributed by atoms with Gasteiger partial charge in [0.1, 0.15) is 0 Å². The van der Waals surface area contributed by atoms with Crippen LogP contribution in [0.1, 0.15) is 28.7 Å². The second-order valence-corrected chi connectivity index (χ2v) is 4.59. The van der Waals surface area contributed by atoms with Crippen LogP contribution in [-0.2, 0) is 4.74 Å². The minimum absolute atomic E-state index is 0.0683. The van der Waals surface area contributed by atoms with E-state index in [-0.39, 0.29) is 11.9 Å². The second-order valence-electron chi connectivity index (χ2n) is 4.59. The van der Waals surface area contributed by atoms with Crippen LogP contribution in [0.5, 0.6) is 0 Å². The molecule has 19 heavy (non-hydrogen) atoms. The Hall–Kier alpha value is -1.95. The molecule has 102 valence electrons. The molecule has 2 aromatic heterocycles. The molecule has 0 aliphatic heterocycles. The van der Waals surface area contributed by atoms with Gasteiger partial charge in [-0.1, -0.05) is 5.16 Å². The normalized spacial score (nSPS) is 12.6. The molecule has 6 heteroatoms. The van der Waals surface area contributed by atoms with Gasteiger partial charge in [-0.15, -0.1) is 0 Å². The molecule has 0 aliphatic rings. The molecule has 0 aromatic carbocycles. The van der Waals surface area contributed by atoms with E-state index in [2.05, 4.69) is 15.5 Å². The van der Waals surface area contributed by atoms with Gasteiger partial charge < -0.3 is 14.6 Å². The van der Waals surface area contributed by atoms with E-state index >= 15 is 0 Å². The smallest absolute Gasteiger partial charge is 0.258 e. The molecule has 2 rings (SSSR count). The van der Waals surface area contributed by atoms with Crippen molar-refractivity contribution in [1.82, 2.24) is 15.5 Å². The topological polar surface area (TPSA) is 77.2 Å². The van der Waals surface area contributed by atoms with Crippen LogP contribution in [0, 0.1) is 13.8 Å². The van der Waals surface area contributed by atoms with Gasteiger partial charge in [-0.3, -0.25) is 4.79 Å². The van der Waals surface area contributed by atoms with Gasteiger partial charge in [0.2, 0.25) is 0 Å². The highest BCUT2D eigenvalue weighted by Gasteiger charge is 2.18. The zero-order chi connectivity index (χ0) is 14.0. The van der Waals surface area contributed by atoms with E-state index in [9.17, 15) is 4.79 Å². The van der Waals surface area contributed by atoms with Crippen molar-refractivity contribution in [3.63, 3.8) is 0 Å². The zero-order valence-electron chi connectivity index (χ0n) is 11.5. The Kier molecular flexibility index (Phi) is 3.80. The fourth-order valence-corrected chi connectivity index (χ4v) is 1.99. The van der Waals surface area contributed by atoms with Crippen molar-refractivity contribution in [2.75, 3.05) is 13.7 Å². The molecule has 0 saturated carbocycles. The number of nitrogens with one attached hydrogen (secondary N) is 1. The van der Waals surface area contributed by atoms with Crippen molar-refractivity contribution < 1.29 is 14.1 Å². The summed E-state index contributed by atoms with van der Waals surface area (Å²) in [6.07, 6.45) is 0. The Morgan fingerprint density at radius 2 is 2.26 bits per heavy atom. The van der Waals surface area contributed by atoms with Gasteiger partial charge in [0.25, 0.3) is 11.6 Å². The number of carbonyl (C=O) groups is 1. The first kappa shape index (κ1) is 13.5. The van der Waals surface area contributed by atoms with Crippen LogP contribution in [0.2, 0.25) is 0 Å². The number of nitrogens with zero attached hydrogens (tertiary/aromatic N) is 2.